The largest absolute Gasteiger partial charge is 0.465 e. The van der Waals surface area contributed by atoms with Crippen molar-refractivity contribution in [2.24, 2.45) is 0 Å². The van der Waals surface area contributed by atoms with Crippen LogP contribution < -0.4 is 0 Å². The molecule has 9 nitrogen and oxygen atoms in total. The Morgan fingerprint density at radius 1 is 1.05 bits per heavy atom. The van der Waals surface area contributed by atoms with Gasteiger partial charge in [-0.2, -0.15) is 5.10 Å². The van der Waals surface area contributed by atoms with E-state index >= 15 is 0 Å². The van der Waals surface area contributed by atoms with E-state index in [-0.39, 0.29) is 27.4 Å². The van der Waals surface area contributed by atoms with Crippen LogP contribution >= 0.6 is 0 Å². The summed E-state index contributed by atoms with van der Waals surface area (Å²) >= 11 is 0. The molecule has 0 amide bonds. The van der Waals surface area contributed by atoms with Crippen LogP contribution in [0.3, 0.4) is 0 Å². The number of nitro groups is 1. The summed E-state index contributed by atoms with van der Waals surface area (Å²) in [5, 5.41) is 15.1. The summed E-state index contributed by atoms with van der Waals surface area (Å²) in [6, 6.07) is 16.5. The third-order valence-corrected chi connectivity index (χ3v) is 6.93. The summed E-state index contributed by atoms with van der Waals surface area (Å²) < 4.78 is 46.0. The molecule has 0 atom stereocenters. The molecule has 0 bridgehead atoms. The van der Waals surface area contributed by atoms with Gasteiger partial charge < -0.3 is 4.74 Å². The van der Waals surface area contributed by atoms with E-state index in [0.717, 1.165) is 0 Å². The molecule has 0 aliphatic rings. The lowest BCUT2D eigenvalue weighted by atomic mass is 10.1. The van der Waals surface area contributed by atoms with Gasteiger partial charge in [0.05, 0.1) is 39.6 Å². The van der Waals surface area contributed by atoms with Crippen molar-refractivity contribution >= 4 is 21.5 Å². The molecule has 0 spiro atoms. The Hall–Kier alpha value is -4.82. The van der Waals surface area contributed by atoms with Gasteiger partial charge in [0, 0.05) is 29.5 Å². The maximum Gasteiger partial charge on any atom is 0.337 e. The van der Waals surface area contributed by atoms with Crippen LogP contribution in [0.1, 0.15) is 27.2 Å². The van der Waals surface area contributed by atoms with E-state index in [9.17, 15) is 27.7 Å². The first-order valence-corrected chi connectivity index (χ1v) is 12.3. The molecule has 0 saturated carbocycles. The van der Waals surface area contributed by atoms with E-state index in [2.05, 4.69) is 16.9 Å². The van der Waals surface area contributed by atoms with Crippen LogP contribution in [0, 0.1) is 27.8 Å². The molecule has 0 aliphatic heterocycles. The number of methoxy groups -OCH3 is 1. The van der Waals surface area contributed by atoms with Crippen LogP contribution in [0.5, 0.6) is 0 Å². The van der Waals surface area contributed by atoms with E-state index in [4.69, 9.17) is 4.74 Å². The Morgan fingerprint density at radius 2 is 1.76 bits per heavy atom. The molecule has 186 valence electrons. The Labute approximate surface area is 211 Å². The number of benzene rings is 3. The van der Waals surface area contributed by atoms with Crippen LogP contribution in [-0.4, -0.2) is 36.2 Å². The van der Waals surface area contributed by atoms with Gasteiger partial charge in [0.25, 0.3) is 5.69 Å². The average Bonchev–Trinajstić information content (AvgIpc) is 3.35. The van der Waals surface area contributed by atoms with Gasteiger partial charge in [-0.05, 0) is 60.7 Å². The second-order valence-corrected chi connectivity index (χ2v) is 9.70. The third kappa shape index (κ3) is 5.88. The van der Waals surface area contributed by atoms with Crippen LogP contribution in [0.4, 0.5) is 10.1 Å². The quantitative estimate of drug-likeness (QED) is 0.163. The van der Waals surface area contributed by atoms with E-state index in [1.54, 1.807) is 6.20 Å². The van der Waals surface area contributed by atoms with Gasteiger partial charge in [0.2, 0.25) is 0 Å². The monoisotopic (exact) mass is 519 g/mol. The molecular formula is C26H18FN3O6S. The van der Waals surface area contributed by atoms with Gasteiger partial charge in [0.15, 0.2) is 9.84 Å². The molecule has 3 aromatic carbocycles. The smallest absolute Gasteiger partial charge is 0.337 e. The first kappa shape index (κ1) is 25.3. The number of hydrogen-bond donors (Lipinski definition) is 0. The Kier molecular flexibility index (Phi) is 7.13. The number of nitro benzene ring substituents is 1. The second kappa shape index (κ2) is 10.4. The highest BCUT2D eigenvalue weighted by atomic mass is 32.2. The number of carbonyl (C=O) groups excluding carboxylic acids is 1. The van der Waals surface area contributed by atoms with E-state index in [1.807, 2.05) is 0 Å². The predicted octanol–water partition coefficient (Wildman–Crippen LogP) is 4.08. The molecular weight excluding hydrogens is 501 g/mol. The fraction of sp³-hybridized carbons (Fsp3) is 0.0769. The van der Waals surface area contributed by atoms with Crippen molar-refractivity contribution < 1.29 is 27.3 Å². The summed E-state index contributed by atoms with van der Waals surface area (Å²) in [6.07, 6.45) is 1.54. The normalized spacial score (nSPS) is 10.9. The molecule has 0 aliphatic carbocycles. The average molecular weight is 520 g/mol. The van der Waals surface area contributed by atoms with E-state index in [1.165, 1.54) is 84.6 Å². The molecule has 11 heteroatoms. The number of carbonyl (C=O) groups is 1. The Bertz CT molecular complexity index is 1650. The number of non-ortho nitro benzene ring substituents is 1. The van der Waals surface area contributed by atoms with Gasteiger partial charge in [-0.3, -0.25) is 10.1 Å². The number of esters is 1. The lowest BCUT2D eigenvalue weighted by Gasteiger charge is -2.08. The molecule has 1 aromatic heterocycles. The van der Waals surface area contributed by atoms with Crippen molar-refractivity contribution in [1.29, 1.82) is 0 Å². The first-order valence-electron chi connectivity index (χ1n) is 10.7. The summed E-state index contributed by atoms with van der Waals surface area (Å²) in [6.45, 7) is 0. The topological polar surface area (TPSA) is 121 Å². The number of ether oxygens (including phenoxy) is 1. The van der Waals surface area contributed by atoms with Gasteiger partial charge in [-0.15, -0.1) is 0 Å². The number of nitrogens with zero attached hydrogens (tertiary/aromatic N) is 3. The Balaban J connectivity index is 1.66. The standard InChI is InChI=1S/C26H18FN3O6S/c1-36-26(31)20-6-13-25(19(16-20)5-2-18-3-7-21(27)8-4-18)37(34,35)17-22-14-15-29(28-22)23-9-11-24(12-10-23)30(32)33/h3-4,6-16H,17H2,1H3. The van der Waals surface area contributed by atoms with Crippen LogP contribution in [0.25, 0.3) is 5.69 Å². The first-order chi connectivity index (χ1) is 17.7. The summed E-state index contributed by atoms with van der Waals surface area (Å²) in [7, 11) is -2.76. The van der Waals surface area contributed by atoms with E-state index in [0.29, 0.717) is 11.3 Å². The highest BCUT2D eigenvalue weighted by Crippen LogP contribution is 2.23. The number of aromatic nitrogens is 2. The molecule has 0 unspecified atom stereocenters. The molecule has 0 N–H and O–H groups in total. The summed E-state index contributed by atoms with van der Waals surface area (Å²) in [4.78, 5) is 22.2. The lowest BCUT2D eigenvalue weighted by Crippen LogP contribution is -2.10. The van der Waals surface area contributed by atoms with Gasteiger partial charge >= 0.3 is 5.97 Å². The summed E-state index contributed by atoms with van der Waals surface area (Å²) in [5.41, 5.74) is 1.31. The number of hydrogen-bond acceptors (Lipinski definition) is 7. The van der Waals surface area contributed by atoms with Crippen molar-refractivity contribution in [3.05, 3.63) is 117 Å². The van der Waals surface area contributed by atoms with Crippen LogP contribution in [0.2, 0.25) is 0 Å². The van der Waals surface area contributed by atoms with E-state index < -0.39 is 32.3 Å². The molecule has 4 rings (SSSR count). The maximum atomic E-state index is 13.3. The van der Waals surface area contributed by atoms with Gasteiger partial charge in [-0.25, -0.2) is 22.3 Å². The zero-order valence-corrected chi connectivity index (χ0v) is 20.1. The number of halogens is 1. The minimum absolute atomic E-state index is 0.0713. The van der Waals surface area contributed by atoms with Crippen molar-refractivity contribution in [2.45, 2.75) is 10.6 Å². The fourth-order valence-corrected chi connectivity index (χ4v) is 4.82. The zero-order chi connectivity index (χ0) is 26.6. The van der Waals surface area contributed by atoms with Crippen molar-refractivity contribution in [3.63, 3.8) is 0 Å². The minimum Gasteiger partial charge on any atom is -0.465 e. The van der Waals surface area contributed by atoms with Crippen molar-refractivity contribution in [2.75, 3.05) is 7.11 Å². The molecule has 37 heavy (non-hydrogen) atoms. The van der Waals surface area contributed by atoms with Crippen molar-refractivity contribution in [3.8, 4) is 17.5 Å². The molecule has 1 heterocycles. The van der Waals surface area contributed by atoms with Crippen LogP contribution in [0.15, 0.2) is 83.9 Å². The molecule has 4 aromatic rings. The van der Waals surface area contributed by atoms with Crippen molar-refractivity contribution in [1.82, 2.24) is 9.78 Å². The van der Waals surface area contributed by atoms with Gasteiger partial charge in [-0.1, -0.05) is 11.8 Å². The number of rotatable bonds is 6. The van der Waals surface area contributed by atoms with Crippen LogP contribution in [-0.2, 0) is 20.3 Å². The molecule has 0 saturated heterocycles. The minimum atomic E-state index is -3.97. The third-order valence-electron chi connectivity index (χ3n) is 5.23. The Morgan fingerprint density at radius 3 is 2.41 bits per heavy atom. The van der Waals surface area contributed by atoms with Gasteiger partial charge in [0.1, 0.15) is 5.82 Å². The second-order valence-electron chi connectivity index (χ2n) is 7.74. The SMILES string of the molecule is COC(=O)c1ccc(S(=O)(=O)Cc2ccn(-c3ccc([N+](=O)[O-])cc3)n2)c(C#Cc2ccc(F)cc2)c1. The fourth-order valence-electron chi connectivity index (χ4n) is 3.40. The number of sulfone groups is 1. The maximum absolute atomic E-state index is 13.3. The predicted molar refractivity (Wildman–Crippen MR) is 131 cm³/mol. The molecule has 0 radical (unpaired) electrons. The lowest BCUT2D eigenvalue weighted by molar-refractivity contribution is -0.384. The molecule has 0 fully saturated rings. The summed E-state index contributed by atoms with van der Waals surface area (Å²) in [5.74, 6) is 4.00. The zero-order valence-electron chi connectivity index (χ0n) is 19.3. The highest BCUT2D eigenvalue weighted by Gasteiger charge is 2.22. The highest BCUT2D eigenvalue weighted by molar-refractivity contribution is 7.90.